The minimum absolute atomic E-state index is 0.270. The molecule has 3 nitrogen and oxygen atoms in total. The van der Waals surface area contributed by atoms with Crippen molar-refractivity contribution < 1.29 is 4.79 Å². The van der Waals surface area contributed by atoms with Crippen molar-refractivity contribution in [2.45, 2.75) is 19.9 Å². The molecular formula is C8H12N2OS. The highest BCUT2D eigenvalue weighted by molar-refractivity contribution is 7.97. The van der Waals surface area contributed by atoms with Gasteiger partial charge in [0.25, 0.3) is 0 Å². The second-order valence-electron chi connectivity index (χ2n) is 2.92. The van der Waals surface area contributed by atoms with Crippen LogP contribution in [0.25, 0.3) is 0 Å². The van der Waals surface area contributed by atoms with Gasteiger partial charge in [-0.3, -0.25) is 4.79 Å². The Morgan fingerprint density at radius 3 is 2.50 bits per heavy atom. The van der Waals surface area contributed by atoms with E-state index in [1.165, 1.54) is 0 Å². The third-order valence-electron chi connectivity index (χ3n) is 1.74. The summed E-state index contributed by atoms with van der Waals surface area (Å²) in [6.07, 6.45) is 1.80. The molecule has 2 N–H and O–H groups in total. The zero-order valence-electron chi connectivity index (χ0n) is 7.11. The van der Waals surface area contributed by atoms with E-state index in [0.29, 0.717) is 11.4 Å². The van der Waals surface area contributed by atoms with E-state index >= 15 is 0 Å². The Bertz CT molecular complexity index is 304. The standard InChI is InChI=1S/C8H12N2OS/c1-5(2)10-4-3-6(7(10)9)8(11)12/h3-5H,9H2,1-2H3,(H,11,12). The van der Waals surface area contributed by atoms with Crippen LogP contribution in [0.4, 0.5) is 5.82 Å². The number of thiol groups is 1. The summed E-state index contributed by atoms with van der Waals surface area (Å²) in [7, 11) is 0. The van der Waals surface area contributed by atoms with Crippen LogP contribution in [-0.2, 0) is 0 Å². The number of rotatable bonds is 2. The second-order valence-corrected chi connectivity index (χ2v) is 3.33. The SMILES string of the molecule is CC(C)n1ccc(C(=O)S)c1N. The fraction of sp³-hybridized carbons (Fsp3) is 0.375. The Hall–Kier alpha value is -0.900. The van der Waals surface area contributed by atoms with Crippen molar-refractivity contribution in [3.05, 3.63) is 17.8 Å². The predicted molar refractivity (Wildman–Crippen MR) is 52.5 cm³/mol. The number of hydrogen-bond donors (Lipinski definition) is 2. The fourth-order valence-electron chi connectivity index (χ4n) is 1.09. The zero-order chi connectivity index (χ0) is 9.30. The van der Waals surface area contributed by atoms with E-state index in [1.807, 2.05) is 18.4 Å². The summed E-state index contributed by atoms with van der Waals surface area (Å²) in [5.74, 6) is 0.491. The molecule has 0 spiro atoms. The van der Waals surface area contributed by atoms with Crippen LogP contribution in [-0.4, -0.2) is 9.68 Å². The van der Waals surface area contributed by atoms with E-state index in [4.69, 9.17) is 5.73 Å². The smallest absolute Gasteiger partial charge is 0.220 e. The van der Waals surface area contributed by atoms with Gasteiger partial charge in [-0.15, -0.1) is 12.6 Å². The molecule has 0 saturated carbocycles. The lowest BCUT2D eigenvalue weighted by Gasteiger charge is -2.09. The van der Waals surface area contributed by atoms with Crippen molar-refractivity contribution in [1.82, 2.24) is 4.57 Å². The summed E-state index contributed by atoms with van der Waals surface area (Å²) in [5, 5.41) is -0.285. The van der Waals surface area contributed by atoms with Gasteiger partial charge in [0.1, 0.15) is 5.82 Å². The first kappa shape index (κ1) is 9.19. The number of aromatic nitrogens is 1. The van der Waals surface area contributed by atoms with Crippen LogP contribution in [0.15, 0.2) is 12.3 Å². The zero-order valence-corrected chi connectivity index (χ0v) is 8.01. The monoisotopic (exact) mass is 184 g/mol. The number of carbonyl (C=O) groups excluding carboxylic acids is 1. The summed E-state index contributed by atoms with van der Waals surface area (Å²) in [5.41, 5.74) is 6.18. The van der Waals surface area contributed by atoms with E-state index in [2.05, 4.69) is 12.6 Å². The summed E-state index contributed by atoms with van der Waals surface area (Å²) >= 11 is 3.71. The Balaban J connectivity index is 3.13. The molecule has 1 aromatic rings. The molecule has 12 heavy (non-hydrogen) atoms. The third kappa shape index (κ3) is 1.48. The van der Waals surface area contributed by atoms with Gasteiger partial charge in [0.05, 0.1) is 5.56 Å². The second kappa shape index (κ2) is 3.23. The number of nitrogens with zero attached hydrogens (tertiary/aromatic N) is 1. The fourth-order valence-corrected chi connectivity index (χ4v) is 1.28. The number of hydrogen-bond acceptors (Lipinski definition) is 2. The van der Waals surface area contributed by atoms with Crippen LogP contribution in [0.2, 0.25) is 0 Å². The molecule has 1 rings (SSSR count). The predicted octanol–water partition coefficient (Wildman–Crippen LogP) is 1.72. The van der Waals surface area contributed by atoms with Gasteiger partial charge in [0.15, 0.2) is 0 Å². The normalized spacial score (nSPS) is 10.7. The minimum Gasteiger partial charge on any atom is -0.384 e. The first-order valence-electron chi connectivity index (χ1n) is 3.73. The van der Waals surface area contributed by atoms with Crippen molar-refractivity contribution in [3.63, 3.8) is 0 Å². The van der Waals surface area contributed by atoms with Crippen molar-refractivity contribution in [2.75, 3.05) is 5.73 Å². The molecule has 0 saturated heterocycles. The van der Waals surface area contributed by atoms with E-state index in [1.54, 1.807) is 12.3 Å². The highest BCUT2D eigenvalue weighted by Gasteiger charge is 2.11. The third-order valence-corrected chi connectivity index (χ3v) is 1.98. The maximum Gasteiger partial charge on any atom is 0.220 e. The molecule has 0 aliphatic rings. The Morgan fingerprint density at radius 1 is 1.67 bits per heavy atom. The molecule has 0 aliphatic carbocycles. The summed E-state index contributed by atoms with van der Waals surface area (Å²) in [6.45, 7) is 4.01. The van der Waals surface area contributed by atoms with Gasteiger partial charge in [0, 0.05) is 12.2 Å². The molecule has 4 heteroatoms. The average molecular weight is 184 g/mol. The van der Waals surface area contributed by atoms with Gasteiger partial charge in [-0.25, -0.2) is 0 Å². The molecule has 0 amide bonds. The van der Waals surface area contributed by atoms with E-state index < -0.39 is 0 Å². The minimum atomic E-state index is -0.285. The molecule has 1 heterocycles. The van der Waals surface area contributed by atoms with Crippen molar-refractivity contribution in [1.29, 1.82) is 0 Å². The maximum atomic E-state index is 10.9. The molecule has 0 atom stereocenters. The summed E-state index contributed by atoms with van der Waals surface area (Å²) < 4.78 is 1.84. The largest absolute Gasteiger partial charge is 0.384 e. The molecule has 0 bridgehead atoms. The molecule has 0 aliphatic heterocycles. The first-order valence-corrected chi connectivity index (χ1v) is 4.18. The Morgan fingerprint density at radius 2 is 2.25 bits per heavy atom. The number of carbonyl (C=O) groups is 1. The molecule has 0 radical (unpaired) electrons. The molecule has 0 unspecified atom stereocenters. The van der Waals surface area contributed by atoms with E-state index in [-0.39, 0.29) is 11.2 Å². The number of nitrogens with two attached hydrogens (primary N) is 1. The van der Waals surface area contributed by atoms with Crippen LogP contribution in [0, 0.1) is 0 Å². The lowest BCUT2D eigenvalue weighted by molar-refractivity contribution is 0.109. The Labute approximate surface area is 77.0 Å². The average Bonchev–Trinajstić information content (AvgIpc) is 2.30. The topological polar surface area (TPSA) is 48.0 Å². The van der Waals surface area contributed by atoms with Crippen LogP contribution >= 0.6 is 12.6 Å². The van der Waals surface area contributed by atoms with Crippen molar-refractivity contribution >= 4 is 23.6 Å². The van der Waals surface area contributed by atoms with E-state index in [0.717, 1.165) is 0 Å². The molecule has 0 fully saturated rings. The van der Waals surface area contributed by atoms with Gasteiger partial charge in [-0.05, 0) is 19.9 Å². The first-order chi connectivity index (χ1) is 5.54. The lowest BCUT2D eigenvalue weighted by atomic mass is 10.3. The number of anilines is 1. The van der Waals surface area contributed by atoms with Gasteiger partial charge in [-0.2, -0.15) is 0 Å². The van der Waals surface area contributed by atoms with Crippen LogP contribution < -0.4 is 5.73 Å². The highest BCUT2D eigenvalue weighted by Crippen LogP contribution is 2.19. The molecule has 1 aromatic heterocycles. The van der Waals surface area contributed by atoms with Crippen LogP contribution in [0.1, 0.15) is 30.2 Å². The van der Waals surface area contributed by atoms with Gasteiger partial charge in [-0.1, -0.05) is 0 Å². The van der Waals surface area contributed by atoms with E-state index in [9.17, 15) is 4.79 Å². The van der Waals surface area contributed by atoms with Crippen molar-refractivity contribution in [3.8, 4) is 0 Å². The molecular weight excluding hydrogens is 172 g/mol. The van der Waals surface area contributed by atoms with Gasteiger partial charge in [0.2, 0.25) is 5.12 Å². The molecule has 66 valence electrons. The molecule has 0 aromatic carbocycles. The van der Waals surface area contributed by atoms with Crippen LogP contribution in [0.3, 0.4) is 0 Å². The van der Waals surface area contributed by atoms with Gasteiger partial charge < -0.3 is 10.3 Å². The number of nitrogen functional groups attached to an aromatic ring is 1. The highest BCUT2D eigenvalue weighted by atomic mass is 32.1. The Kier molecular flexibility index (Phi) is 2.47. The van der Waals surface area contributed by atoms with Crippen molar-refractivity contribution in [2.24, 2.45) is 0 Å². The summed E-state index contributed by atoms with van der Waals surface area (Å²) in [4.78, 5) is 10.9. The quantitative estimate of drug-likeness (QED) is 0.687. The maximum absolute atomic E-state index is 10.9. The summed E-state index contributed by atoms with van der Waals surface area (Å²) in [6, 6.07) is 1.96. The van der Waals surface area contributed by atoms with Crippen LogP contribution in [0.5, 0.6) is 0 Å². The lowest BCUT2D eigenvalue weighted by Crippen LogP contribution is -2.05. The van der Waals surface area contributed by atoms with Gasteiger partial charge >= 0.3 is 0 Å².